The maximum atomic E-state index is 9.48. The van der Waals surface area contributed by atoms with Crippen LogP contribution in [-0.4, -0.2) is 23.0 Å². The van der Waals surface area contributed by atoms with Crippen LogP contribution in [0.2, 0.25) is 0 Å². The molecule has 3 heteroatoms. The summed E-state index contributed by atoms with van der Waals surface area (Å²) in [5.74, 6) is 0. The van der Waals surface area contributed by atoms with Crippen molar-refractivity contribution >= 4 is 5.71 Å². The van der Waals surface area contributed by atoms with Gasteiger partial charge in [0, 0.05) is 18.7 Å². The second-order valence-electron chi connectivity index (χ2n) is 4.10. The highest BCUT2D eigenvalue weighted by molar-refractivity contribution is 5.82. The van der Waals surface area contributed by atoms with Gasteiger partial charge in [0.15, 0.2) is 0 Å². The first-order chi connectivity index (χ1) is 5.95. The monoisotopic (exact) mass is 186 g/mol. The van der Waals surface area contributed by atoms with Crippen molar-refractivity contribution < 1.29 is 5.11 Å². The van der Waals surface area contributed by atoms with Crippen molar-refractivity contribution in [3.63, 3.8) is 0 Å². The number of nitrogens with one attached hydrogen (secondary N) is 1. The topological polar surface area (TPSA) is 44.6 Å². The molecule has 0 fully saturated rings. The first kappa shape index (κ1) is 12.4. The molecule has 0 rings (SSSR count). The van der Waals surface area contributed by atoms with Crippen LogP contribution in [-0.2, 0) is 0 Å². The number of hydrogen-bond donors (Lipinski definition) is 2. The highest BCUT2D eigenvalue weighted by Gasteiger charge is 2.13. The van der Waals surface area contributed by atoms with Gasteiger partial charge in [-0.15, -0.1) is 0 Å². The van der Waals surface area contributed by atoms with Gasteiger partial charge in [-0.2, -0.15) is 5.10 Å². The fourth-order valence-electron chi connectivity index (χ4n) is 1.11. The van der Waals surface area contributed by atoms with Gasteiger partial charge >= 0.3 is 0 Å². The largest absolute Gasteiger partial charge is 0.390 e. The average Bonchev–Trinajstić information content (AvgIpc) is 1.94. The van der Waals surface area contributed by atoms with E-state index < -0.39 is 5.60 Å². The summed E-state index contributed by atoms with van der Waals surface area (Å²) >= 11 is 0. The van der Waals surface area contributed by atoms with Crippen LogP contribution >= 0.6 is 0 Å². The fraction of sp³-hybridized carbons (Fsp3) is 0.900. The van der Waals surface area contributed by atoms with Crippen molar-refractivity contribution in [3.05, 3.63) is 0 Å². The molecule has 0 unspecified atom stereocenters. The van der Waals surface area contributed by atoms with Gasteiger partial charge in [-0.05, 0) is 27.2 Å². The fourth-order valence-corrected chi connectivity index (χ4v) is 1.11. The number of nitrogens with zero attached hydrogens (tertiary/aromatic N) is 1. The third-order valence-electron chi connectivity index (χ3n) is 1.60. The zero-order valence-corrected chi connectivity index (χ0v) is 9.22. The van der Waals surface area contributed by atoms with Crippen LogP contribution in [0.5, 0.6) is 0 Å². The molecule has 13 heavy (non-hydrogen) atoms. The molecule has 0 aliphatic rings. The number of unbranched alkanes of at least 4 members (excludes halogenated alkanes) is 1. The Labute approximate surface area is 81.2 Å². The number of hydrazone groups is 1. The Morgan fingerprint density at radius 1 is 1.46 bits per heavy atom. The van der Waals surface area contributed by atoms with E-state index in [0.29, 0.717) is 6.42 Å². The van der Waals surface area contributed by atoms with E-state index >= 15 is 0 Å². The molecule has 0 aliphatic heterocycles. The Morgan fingerprint density at radius 3 is 2.54 bits per heavy atom. The van der Waals surface area contributed by atoms with Crippen molar-refractivity contribution in [2.75, 3.05) is 6.54 Å². The molecule has 3 nitrogen and oxygen atoms in total. The van der Waals surface area contributed by atoms with Crippen LogP contribution in [0.15, 0.2) is 5.10 Å². The molecule has 0 aromatic heterocycles. The van der Waals surface area contributed by atoms with Gasteiger partial charge in [0.25, 0.3) is 0 Å². The lowest BCUT2D eigenvalue weighted by molar-refractivity contribution is 0.0883. The van der Waals surface area contributed by atoms with Crippen LogP contribution in [0, 0.1) is 0 Å². The highest BCUT2D eigenvalue weighted by atomic mass is 16.3. The summed E-state index contributed by atoms with van der Waals surface area (Å²) < 4.78 is 0. The molecular formula is C10H22N2O. The lowest BCUT2D eigenvalue weighted by atomic mass is 10.0. The minimum atomic E-state index is -0.653. The van der Waals surface area contributed by atoms with Gasteiger partial charge in [-0.1, -0.05) is 13.3 Å². The van der Waals surface area contributed by atoms with Gasteiger partial charge in [0.05, 0.1) is 5.60 Å². The van der Waals surface area contributed by atoms with Gasteiger partial charge < -0.3 is 10.5 Å². The second-order valence-corrected chi connectivity index (χ2v) is 4.10. The normalized spacial score (nSPS) is 13.2. The van der Waals surface area contributed by atoms with Crippen LogP contribution in [0.1, 0.15) is 47.0 Å². The Balaban J connectivity index is 3.63. The highest BCUT2D eigenvalue weighted by Crippen LogP contribution is 2.07. The molecule has 2 N–H and O–H groups in total. The molecule has 0 bridgehead atoms. The molecule has 0 aromatic rings. The summed E-state index contributed by atoms with van der Waals surface area (Å²) in [6, 6.07) is 0. The van der Waals surface area contributed by atoms with E-state index in [0.717, 1.165) is 18.7 Å². The molecule has 0 aliphatic carbocycles. The molecule has 0 atom stereocenters. The summed E-state index contributed by atoms with van der Waals surface area (Å²) in [5, 5.41) is 13.6. The average molecular weight is 186 g/mol. The molecule has 0 aromatic carbocycles. The van der Waals surface area contributed by atoms with Gasteiger partial charge in [0.2, 0.25) is 0 Å². The summed E-state index contributed by atoms with van der Waals surface area (Å²) in [5.41, 5.74) is 3.28. The van der Waals surface area contributed by atoms with Crippen molar-refractivity contribution in [1.29, 1.82) is 0 Å². The Bertz CT molecular complexity index is 159. The summed E-state index contributed by atoms with van der Waals surface area (Å²) in [7, 11) is 0. The molecule has 78 valence electrons. The van der Waals surface area contributed by atoms with Gasteiger partial charge in [0.1, 0.15) is 0 Å². The number of hydrogen-bond acceptors (Lipinski definition) is 3. The van der Waals surface area contributed by atoms with Crippen LogP contribution in [0.25, 0.3) is 0 Å². The van der Waals surface area contributed by atoms with Crippen LogP contribution < -0.4 is 5.43 Å². The van der Waals surface area contributed by atoms with Crippen LogP contribution in [0.3, 0.4) is 0 Å². The standard InChI is InChI=1S/C10H22N2O/c1-5-6-7-11-12-9(2)8-10(3,4)13/h11,13H,5-8H2,1-4H3/b12-9+. The summed E-state index contributed by atoms with van der Waals surface area (Å²) in [6.07, 6.45) is 2.93. The molecule has 0 saturated heterocycles. The zero-order valence-electron chi connectivity index (χ0n) is 9.22. The molecule has 0 saturated carbocycles. The smallest absolute Gasteiger partial charge is 0.0644 e. The molecule has 0 heterocycles. The lowest BCUT2D eigenvalue weighted by Crippen LogP contribution is -2.23. The third-order valence-corrected chi connectivity index (χ3v) is 1.60. The van der Waals surface area contributed by atoms with Crippen molar-refractivity contribution in [2.45, 2.75) is 52.6 Å². The van der Waals surface area contributed by atoms with Crippen molar-refractivity contribution in [3.8, 4) is 0 Å². The molecular weight excluding hydrogens is 164 g/mol. The van der Waals surface area contributed by atoms with E-state index in [1.165, 1.54) is 6.42 Å². The van der Waals surface area contributed by atoms with Gasteiger partial charge in [-0.3, -0.25) is 0 Å². The second kappa shape index (κ2) is 5.97. The van der Waals surface area contributed by atoms with Crippen molar-refractivity contribution in [1.82, 2.24) is 5.43 Å². The van der Waals surface area contributed by atoms with Gasteiger partial charge in [-0.25, -0.2) is 0 Å². The van der Waals surface area contributed by atoms with E-state index in [4.69, 9.17) is 0 Å². The molecule has 0 radical (unpaired) electrons. The van der Waals surface area contributed by atoms with E-state index in [1.807, 2.05) is 6.92 Å². The Morgan fingerprint density at radius 2 is 2.08 bits per heavy atom. The quantitative estimate of drug-likeness (QED) is 0.378. The lowest BCUT2D eigenvalue weighted by Gasteiger charge is -2.16. The van der Waals surface area contributed by atoms with E-state index in [-0.39, 0.29) is 0 Å². The number of rotatable bonds is 6. The first-order valence-electron chi connectivity index (χ1n) is 4.94. The SMILES string of the molecule is CCCCN/N=C(\C)CC(C)(C)O. The van der Waals surface area contributed by atoms with Crippen molar-refractivity contribution in [2.24, 2.45) is 5.10 Å². The maximum Gasteiger partial charge on any atom is 0.0644 e. The first-order valence-corrected chi connectivity index (χ1v) is 4.94. The Hall–Kier alpha value is -0.570. The predicted octanol–water partition coefficient (Wildman–Crippen LogP) is 1.91. The maximum absolute atomic E-state index is 9.48. The van der Waals surface area contributed by atoms with E-state index in [2.05, 4.69) is 17.5 Å². The minimum Gasteiger partial charge on any atom is -0.390 e. The molecule has 0 amide bonds. The predicted molar refractivity (Wildman–Crippen MR) is 56.9 cm³/mol. The Kier molecular flexibility index (Phi) is 5.71. The minimum absolute atomic E-state index is 0.617. The van der Waals surface area contributed by atoms with E-state index in [9.17, 15) is 5.11 Å². The summed E-state index contributed by atoms with van der Waals surface area (Å²) in [4.78, 5) is 0. The zero-order chi connectivity index (χ0) is 10.3. The third kappa shape index (κ3) is 9.34. The molecule has 0 spiro atoms. The summed E-state index contributed by atoms with van der Waals surface area (Å²) in [6.45, 7) is 8.57. The van der Waals surface area contributed by atoms with Crippen LogP contribution in [0.4, 0.5) is 0 Å². The number of aliphatic hydroxyl groups is 1. The van der Waals surface area contributed by atoms with E-state index in [1.54, 1.807) is 13.8 Å².